The first-order valence-corrected chi connectivity index (χ1v) is 12.5. The quantitative estimate of drug-likeness (QED) is 0.696. The second kappa shape index (κ2) is 8.47. The topological polar surface area (TPSA) is 111 Å². The molecule has 3 atom stereocenters. The van der Waals surface area contributed by atoms with E-state index in [1.807, 2.05) is 45.0 Å². The molecule has 1 aromatic carbocycles. The van der Waals surface area contributed by atoms with Crippen LogP contribution in [0.2, 0.25) is 0 Å². The highest BCUT2D eigenvalue weighted by molar-refractivity contribution is 6.07. The third kappa shape index (κ3) is 3.94. The summed E-state index contributed by atoms with van der Waals surface area (Å²) in [7, 11) is 1.65. The van der Waals surface area contributed by atoms with Crippen molar-refractivity contribution >= 4 is 23.4 Å². The average Bonchev–Trinajstić information content (AvgIpc) is 3.27. The number of hydrogen-bond donors (Lipinski definition) is 1. The van der Waals surface area contributed by atoms with E-state index in [0.717, 1.165) is 24.1 Å². The van der Waals surface area contributed by atoms with Crippen molar-refractivity contribution in [1.29, 1.82) is 5.26 Å². The summed E-state index contributed by atoms with van der Waals surface area (Å²) in [5.41, 5.74) is 0.740. The number of nitrogens with one attached hydrogen (secondary N) is 1. The van der Waals surface area contributed by atoms with E-state index in [0.29, 0.717) is 17.9 Å². The van der Waals surface area contributed by atoms with Crippen molar-refractivity contribution in [2.45, 2.75) is 69.5 Å². The van der Waals surface area contributed by atoms with Crippen molar-refractivity contribution in [2.75, 3.05) is 18.9 Å². The number of carbonyl (C=O) groups is 3. The van der Waals surface area contributed by atoms with Crippen LogP contribution in [-0.4, -0.2) is 63.0 Å². The Morgan fingerprint density at radius 1 is 1.31 bits per heavy atom. The van der Waals surface area contributed by atoms with E-state index >= 15 is 0 Å². The van der Waals surface area contributed by atoms with Crippen LogP contribution in [0, 0.1) is 17.2 Å². The van der Waals surface area contributed by atoms with Gasteiger partial charge >= 0.3 is 0 Å². The Bertz CT molecular complexity index is 1270. The summed E-state index contributed by atoms with van der Waals surface area (Å²) in [6.45, 7) is 6.12. The van der Waals surface area contributed by atoms with Gasteiger partial charge in [-0.1, -0.05) is 31.0 Å². The van der Waals surface area contributed by atoms with Crippen LogP contribution in [0.4, 0.5) is 5.69 Å². The number of carbonyl (C=O) groups excluding carboxylic acids is 3. The van der Waals surface area contributed by atoms with Crippen LogP contribution in [0.1, 0.15) is 62.4 Å². The highest BCUT2D eigenvalue weighted by Gasteiger charge is 2.57. The number of likely N-dealkylation sites (N-methyl/N-ethyl adjacent to an activating group) is 1. The normalized spacial score (nSPS) is 23.8. The van der Waals surface area contributed by atoms with Gasteiger partial charge in [0.15, 0.2) is 0 Å². The number of amides is 3. The number of anilines is 1. The minimum atomic E-state index is -0.951. The van der Waals surface area contributed by atoms with E-state index in [1.165, 1.54) is 16.0 Å². The zero-order valence-electron chi connectivity index (χ0n) is 21.2. The maximum atomic E-state index is 14.0. The van der Waals surface area contributed by atoms with E-state index in [9.17, 15) is 19.6 Å². The highest BCUT2D eigenvalue weighted by Crippen LogP contribution is 2.47. The average molecular weight is 489 g/mol. The smallest absolute Gasteiger partial charge is 0.257 e. The van der Waals surface area contributed by atoms with E-state index < -0.39 is 17.5 Å². The van der Waals surface area contributed by atoms with Gasteiger partial charge in [-0.05, 0) is 44.7 Å². The van der Waals surface area contributed by atoms with Gasteiger partial charge in [0.2, 0.25) is 11.8 Å². The van der Waals surface area contributed by atoms with Gasteiger partial charge in [-0.15, -0.1) is 0 Å². The predicted octanol–water partition coefficient (Wildman–Crippen LogP) is 2.89. The third-order valence-electron chi connectivity index (χ3n) is 7.76. The zero-order valence-corrected chi connectivity index (χ0v) is 21.2. The largest absolute Gasteiger partial charge is 0.330 e. The Hall–Kier alpha value is -3.67. The van der Waals surface area contributed by atoms with Gasteiger partial charge in [0.1, 0.15) is 12.1 Å². The molecule has 1 saturated carbocycles. The van der Waals surface area contributed by atoms with Crippen molar-refractivity contribution in [1.82, 2.24) is 19.6 Å². The standard InChI is InChI=1S/C27H32N6O3/c1-26(2,3)33-15-18(14-29-33)23(34)31(4)22(11-17-9-10-17)24(35)32-16-27(12-19(32)13-28)20-7-5-6-8-21(20)30-25(27)36/h5-8,14-15,17,19,22H,9-12,16H2,1-4H3,(H,30,36)/t19-,22-,27-/m0/s1. The van der Waals surface area contributed by atoms with Gasteiger partial charge in [-0.2, -0.15) is 10.4 Å². The summed E-state index contributed by atoms with van der Waals surface area (Å²) >= 11 is 0. The highest BCUT2D eigenvalue weighted by atomic mass is 16.2. The van der Waals surface area contributed by atoms with Crippen molar-refractivity contribution in [3.8, 4) is 6.07 Å². The Kier molecular flexibility index (Phi) is 5.66. The molecular weight excluding hydrogens is 456 g/mol. The summed E-state index contributed by atoms with van der Waals surface area (Å²) in [5.74, 6) is -0.367. The van der Waals surface area contributed by atoms with Crippen LogP contribution in [0.25, 0.3) is 0 Å². The van der Waals surface area contributed by atoms with Crippen LogP contribution in [0.5, 0.6) is 0 Å². The first-order chi connectivity index (χ1) is 17.0. The molecule has 3 heterocycles. The molecule has 188 valence electrons. The maximum absolute atomic E-state index is 14.0. The number of fused-ring (bicyclic) bond motifs is 2. The van der Waals surface area contributed by atoms with Gasteiger partial charge in [0.05, 0.1) is 28.8 Å². The lowest BCUT2D eigenvalue weighted by atomic mass is 9.80. The van der Waals surface area contributed by atoms with Gasteiger partial charge in [-0.3, -0.25) is 19.1 Å². The molecule has 2 fully saturated rings. The lowest BCUT2D eigenvalue weighted by molar-refractivity contribution is -0.136. The van der Waals surface area contributed by atoms with E-state index in [2.05, 4.69) is 16.5 Å². The molecule has 3 amide bonds. The lowest BCUT2D eigenvalue weighted by Gasteiger charge is -2.32. The molecule has 36 heavy (non-hydrogen) atoms. The number of rotatable bonds is 5. The molecule has 9 heteroatoms. The monoisotopic (exact) mass is 488 g/mol. The molecule has 2 aliphatic heterocycles. The van der Waals surface area contributed by atoms with Crippen molar-refractivity contribution in [3.05, 3.63) is 47.8 Å². The van der Waals surface area contributed by atoms with Crippen molar-refractivity contribution < 1.29 is 14.4 Å². The summed E-state index contributed by atoms with van der Waals surface area (Å²) in [6, 6.07) is 8.24. The van der Waals surface area contributed by atoms with Gasteiger partial charge in [-0.25, -0.2) is 0 Å². The number of benzene rings is 1. The zero-order chi connectivity index (χ0) is 25.8. The molecule has 9 nitrogen and oxygen atoms in total. The Balaban J connectivity index is 1.43. The minimum Gasteiger partial charge on any atom is -0.330 e. The fourth-order valence-electron chi connectivity index (χ4n) is 5.42. The van der Waals surface area contributed by atoms with Crippen LogP contribution >= 0.6 is 0 Å². The van der Waals surface area contributed by atoms with E-state index in [-0.39, 0.29) is 36.2 Å². The van der Waals surface area contributed by atoms with E-state index in [1.54, 1.807) is 17.9 Å². The molecule has 5 rings (SSSR count). The van der Waals surface area contributed by atoms with Gasteiger partial charge in [0.25, 0.3) is 5.91 Å². The number of para-hydroxylation sites is 1. The molecule has 1 saturated heterocycles. The number of likely N-dealkylation sites (tertiary alicyclic amines) is 1. The molecule has 1 N–H and O–H groups in total. The second-order valence-electron chi connectivity index (χ2n) is 11.4. The molecule has 0 bridgehead atoms. The molecule has 1 aliphatic carbocycles. The van der Waals surface area contributed by atoms with Crippen LogP contribution < -0.4 is 5.32 Å². The van der Waals surface area contributed by atoms with Crippen molar-refractivity contribution in [2.24, 2.45) is 5.92 Å². The fraction of sp³-hybridized carbons (Fsp3) is 0.519. The first kappa shape index (κ1) is 24.0. The Labute approximate surface area is 211 Å². The minimum absolute atomic E-state index is 0.123. The van der Waals surface area contributed by atoms with E-state index in [4.69, 9.17) is 0 Å². The number of nitrogens with zero attached hydrogens (tertiary/aromatic N) is 5. The van der Waals surface area contributed by atoms with Crippen LogP contribution in [0.3, 0.4) is 0 Å². The first-order valence-electron chi connectivity index (χ1n) is 12.5. The summed E-state index contributed by atoms with van der Waals surface area (Å²) in [5, 5.41) is 17.2. The predicted molar refractivity (Wildman–Crippen MR) is 133 cm³/mol. The summed E-state index contributed by atoms with van der Waals surface area (Å²) < 4.78 is 1.73. The second-order valence-corrected chi connectivity index (χ2v) is 11.4. The fourth-order valence-corrected chi connectivity index (χ4v) is 5.42. The molecule has 0 unspecified atom stereocenters. The van der Waals surface area contributed by atoms with Gasteiger partial charge < -0.3 is 15.1 Å². The summed E-state index contributed by atoms with van der Waals surface area (Å²) in [6.07, 6.45) is 6.07. The maximum Gasteiger partial charge on any atom is 0.257 e. The van der Waals surface area contributed by atoms with Crippen LogP contribution in [0.15, 0.2) is 36.7 Å². The molecular formula is C27H32N6O3. The Morgan fingerprint density at radius 3 is 2.67 bits per heavy atom. The third-order valence-corrected chi connectivity index (χ3v) is 7.76. The molecule has 1 spiro atoms. The van der Waals surface area contributed by atoms with Crippen LogP contribution in [-0.2, 0) is 20.5 Å². The SMILES string of the molecule is CN(C(=O)c1cnn(C(C)(C)C)c1)[C@@H](CC1CC1)C(=O)N1C[C@]2(C[C@H]1C#N)C(=O)Nc1ccccc12. The molecule has 0 radical (unpaired) electrons. The molecule has 2 aromatic rings. The van der Waals surface area contributed by atoms with Crippen molar-refractivity contribution in [3.63, 3.8) is 0 Å². The molecule has 1 aromatic heterocycles. The summed E-state index contributed by atoms with van der Waals surface area (Å²) in [4.78, 5) is 43.6. The molecule has 3 aliphatic rings. The van der Waals surface area contributed by atoms with Gasteiger partial charge in [0, 0.05) is 31.9 Å². The number of aromatic nitrogens is 2. The number of nitriles is 1. The number of hydrogen-bond acceptors (Lipinski definition) is 5. The Morgan fingerprint density at radius 2 is 2.03 bits per heavy atom. The lowest BCUT2D eigenvalue weighted by Crippen LogP contribution is -2.51.